The molecule has 2 N–H and O–H groups in total. The molecule has 0 bridgehead atoms. The second-order valence-corrected chi connectivity index (χ2v) is 3.87. The highest BCUT2D eigenvalue weighted by molar-refractivity contribution is 5.96. The van der Waals surface area contributed by atoms with E-state index in [2.05, 4.69) is 5.32 Å². The van der Waals surface area contributed by atoms with Gasteiger partial charge in [0.25, 0.3) is 5.91 Å². The van der Waals surface area contributed by atoms with Crippen molar-refractivity contribution in [1.29, 1.82) is 0 Å². The molecule has 0 saturated carbocycles. The van der Waals surface area contributed by atoms with Gasteiger partial charge in [0.1, 0.15) is 5.75 Å². The number of aliphatic hydroxyl groups is 1. The van der Waals surface area contributed by atoms with E-state index in [1.165, 1.54) is 0 Å². The molecule has 0 aliphatic heterocycles. The SMILES string of the molecule is CCOc1ccccc1C(=O)NCCCOCCO. The molecule has 1 aromatic carbocycles. The predicted molar refractivity (Wildman–Crippen MR) is 72.5 cm³/mol. The Bertz CT molecular complexity index is 381. The summed E-state index contributed by atoms with van der Waals surface area (Å²) in [5.41, 5.74) is 0.542. The first-order chi connectivity index (χ1) is 9.29. The summed E-state index contributed by atoms with van der Waals surface area (Å²) in [5.74, 6) is 0.449. The van der Waals surface area contributed by atoms with E-state index in [1.54, 1.807) is 12.1 Å². The summed E-state index contributed by atoms with van der Waals surface area (Å²) in [6.07, 6.45) is 0.711. The zero-order valence-corrected chi connectivity index (χ0v) is 11.2. The molecular formula is C14H21NO4. The van der Waals surface area contributed by atoms with Crippen LogP contribution in [0.25, 0.3) is 0 Å². The van der Waals surface area contributed by atoms with Gasteiger partial charge in [-0.25, -0.2) is 0 Å². The third-order valence-electron chi connectivity index (χ3n) is 2.42. The molecule has 0 aliphatic rings. The number of carbonyl (C=O) groups excluding carboxylic acids is 1. The van der Waals surface area contributed by atoms with Crippen LogP contribution < -0.4 is 10.1 Å². The monoisotopic (exact) mass is 267 g/mol. The lowest BCUT2D eigenvalue weighted by Gasteiger charge is -2.10. The van der Waals surface area contributed by atoms with E-state index in [0.29, 0.717) is 44.1 Å². The van der Waals surface area contributed by atoms with Crippen LogP contribution in [0.2, 0.25) is 0 Å². The molecule has 106 valence electrons. The predicted octanol–water partition coefficient (Wildman–Crippen LogP) is 1.21. The topological polar surface area (TPSA) is 67.8 Å². The van der Waals surface area contributed by atoms with Gasteiger partial charge in [0, 0.05) is 13.2 Å². The number of para-hydroxylation sites is 1. The Morgan fingerprint density at radius 2 is 2.11 bits per heavy atom. The first-order valence-corrected chi connectivity index (χ1v) is 6.48. The smallest absolute Gasteiger partial charge is 0.255 e. The van der Waals surface area contributed by atoms with Crippen LogP contribution in [0, 0.1) is 0 Å². The standard InChI is InChI=1S/C14H21NO4/c1-2-19-13-7-4-3-6-12(13)14(17)15-8-5-10-18-11-9-16/h3-4,6-7,16H,2,5,8-11H2,1H3,(H,15,17). The lowest BCUT2D eigenvalue weighted by Crippen LogP contribution is -2.26. The summed E-state index contributed by atoms with van der Waals surface area (Å²) < 4.78 is 10.5. The van der Waals surface area contributed by atoms with E-state index in [4.69, 9.17) is 14.6 Å². The van der Waals surface area contributed by atoms with Crippen molar-refractivity contribution in [2.75, 3.05) is 33.0 Å². The van der Waals surface area contributed by atoms with Crippen LogP contribution in [0.4, 0.5) is 0 Å². The summed E-state index contributed by atoms with van der Waals surface area (Å²) in [6, 6.07) is 7.16. The molecule has 0 spiro atoms. The normalized spacial score (nSPS) is 10.2. The number of hydrogen-bond acceptors (Lipinski definition) is 4. The van der Waals surface area contributed by atoms with Crippen LogP contribution >= 0.6 is 0 Å². The van der Waals surface area contributed by atoms with E-state index in [0.717, 1.165) is 0 Å². The highest BCUT2D eigenvalue weighted by Gasteiger charge is 2.10. The van der Waals surface area contributed by atoms with Crippen molar-refractivity contribution in [2.45, 2.75) is 13.3 Å². The van der Waals surface area contributed by atoms with E-state index in [1.807, 2.05) is 19.1 Å². The Morgan fingerprint density at radius 1 is 1.32 bits per heavy atom. The zero-order chi connectivity index (χ0) is 13.9. The fourth-order valence-corrected chi connectivity index (χ4v) is 1.57. The fraction of sp³-hybridized carbons (Fsp3) is 0.500. The summed E-state index contributed by atoms with van der Waals surface area (Å²) >= 11 is 0. The second-order valence-electron chi connectivity index (χ2n) is 3.87. The highest BCUT2D eigenvalue weighted by atomic mass is 16.5. The molecular weight excluding hydrogens is 246 g/mol. The molecule has 0 heterocycles. The molecule has 0 saturated heterocycles. The third-order valence-corrected chi connectivity index (χ3v) is 2.42. The Kier molecular flexibility index (Phi) is 7.62. The van der Waals surface area contributed by atoms with Crippen LogP contribution in [0.15, 0.2) is 24.3 Å². The number of ether oxygens (including phenoxy) is 2. The van der Waals surface area contributed by atoms with E-state index in [9.17, 15) is 4.79 Å². The van der Waals surface area contributed by atoms with Crippen molar-refractivity contribution in [1.82, 2.24) is 5.32 Å². The number of nitrogens with one attached hydrogen (secondary N) is 1. The summed E-state index contributed by atoms with van der Waals surface area (Å²) in [6.45, 7) is 3.82. The van der Waals surface area contributed by atoms with Gasteiger partial charge in [0.2, 0.25) is 0 Å². The van der Waals surface area contributed by atoms with Gasteiger partial charge < -0.3 is 19.9 Å². The number of carbonyl (C=O) groups is 1. The van der Waals surface area contributed by atoms with Crippen molar-refractivity contribution in [3.63, 3.8) is 0 Å². The minimum atomic E-state index is -0.147. The van der Waals surface area contributed by atoms with Crippen molar-refractivity contribution in [3.8, 4) is 5.75 Å². The molecule has 5 nitrogen and oxygen atoms in total. The van der Waals surface area contributed by atoms with Crippen molar-refractivity contribution >= 4 is 5.91 Å². The molecule has 0 radical (unpaired) electrons. The molecule has 5 heteroatoms. The van der Waals surface area contributed by atoms with Crippen LogP contribution in [-0.4, -0.2) is 44.0 Å². The Labute approximate surface area is 113 Å². The van der Waals surface area contributed by atoms with Gasteiger partial charge in [-0.3, -0.25) is 4.79 Å². The van der Waals surface area contributed by atoms with Crippen molar-refractivity contribution in [2.24, 2.45) is 0 Å². The molecule has 1 rings (SSSR count). The van der Waals surface area contributed by atoms with Crippen LogP contribution in [0.5, 0.6) is 5.75 Å². The maximum Gasteiger partial charge on any atom is 0.255 e. The van der Waals surface area contributed by atoms with Crippen LogP contribution in [0.3, 0.4) is 0 Å². The quantitative estimate of drug-likeness (QED) is 0.660. The minimum absolute atomic E-state index is 0.0219. The molecule has 0 atom stereocenters. The Morgan fingerprint density at radius 3 is 2.84 bits per heavy atom. The first-order valence-electron chi connectivity index (χ1n) is 6.48. The highest BCUT2D eigenvalue weighted by Crippen LogP contribution is 2.17. The molecule has 1 aromatic rings. The molecule has 19 heavy (non-hydrogen) atoms. The summed E-state index contributed by atoms with van der Waals surface area (Å²) in [5, 5.41) is 11.3. The Hall–Kier alpha value is -1.59. The lowest BCUT2D eigenvalue weighted by molar-refractivity contribution is 0.0866. The molecule has 1 amide bonds. The van der Waals surface area contributed by atoms with E-state index >= 15 is 0 Å². The van der Waals surface area contributed by atoms with Crippen molar-refractivity contribution in [3.05, 3.63) is 29.8 Å². The average molecular weight is 267 g/mol. The first kappa shape index (κ1) is 15.5. The summed E-state index contributed by atoms with van der Waals surface area (Å²) in [7, 11) is 0. The van der Waals surface area contributed by atoms with Gasteiger partial charge in [-0.15, -0.1) is 0 Å². The van der Waals surface area contributed by atoms with Gasteiger partial charge in [-0.1, -0.05) is 12.1 Å². The number of hydrogen-bond donors (Lipinski definition) is 2. The maximum atomic E-state index is 12.0. The zero-order valence-electron chi connectivity index (χ0n) is 11.2. The van der Waals surface area contributed by atoms with Gasteiger partial charge in [-0.05, 0) is 25.5 Å². The number of amides is 1. The summed E-state index contributed by atoms with van der Waals surface area (Å²) in [4.78, 5) is 12.0. The number of aliphatic hydroxyl groups excluding tert-OH is 1. The largest absolute Gasteiger partial charge is 0.493 e. The number of rotatable bonds is 9. The van der Waals surface area contributed by atoms with Gasteiger partial charge in [-0.2, -0.15) is 0 Å². The van der Waals surface area contributed by atoms with Gasteiger partial charge >= 0.3 is 0 Å². The molecule has 0 aliphatic carbocycles. The maximum absolute atomic E-state index is 12.0. The van der Waals surface area contributed by atoms with Gasteiger partial charge in [0.05, 0.1) is 25.4 Å². The number of benzene rings is 1. The molecule has 0 fully saturated rings. The minimum Gasteiger partial charge on any atom is -0.493 e. The molecule has 0 aromatic heterocycles. The lowest BCUT2D eigenvalue weighted by atomic mass is 10.2. The van der Waals surface area contributed by atoms with Crippen LogP contribution in [-0.2, 0) is 4.74 Å². The fourth-order valence-electron chi connectivity index (χ4n) is 1.57. The van der Waals surface area contributed by atoms with E-state index < -0.39 is 0 Å². The van der Waals surface area contributed by atoms with E-state index in [-0.39, 0.29) is 12.5 Å². The van der Waals surface area contributed by atoms with Gasteiger partial charge in [0.15, 0.2) is 0 Å². The average Bonchev–Trinajstić information content (AvgIpc) is 2.43. The van der Waals surface area contributed by atoms with Crippen molar-refractivity contribution < 1.29 is 19.4 Å². The molecule has 0 unspecified atom stereocenters. The second kappa shape index (κ2) is 9.35. The third kappa shape index (κ3) is 5.72. The Balaban J connectivity index is 2.36. The van der Waals surface area contributed by atoms with Crippen LogP contribution in [0.1, 0.15) is 23.7 Å².